The molecule has 6 aromatic heterocycles. The first-order valence-corrected chi connectivity index (χ1v) is 47.4. The number of methoxy groups -OCH3 is 1. The summed E-state index contributed by atoms with van der Waals surface area (Å²) in [4.78, 5) is 104. The second-order valence-corrected chi connectivity index (χ2v) is 34.8. The number of carbonyl (C=O) groups is 3. The van der Waals surface area contributed by atoms with Gasteiger partial charge in [0.1, 0.15) is 35.6 Å². The van der Waals surface area contributed by atoms with Crippen LogP contribution in [0, 0.1) is 6.92 Å². The quantitative estimate of drug-likeness (QED) is 0.0275. The molecule has 34 nitrogen and oxygen atoms in total. The maximum atomic E-state index is 12.9. The van der Waals surface area contributed by atoms with Gasteiger partial charge in [0.2, 0.25) is 11.8 Å². The largest absolute Gasteiger partial charge is 0.508 e. The number of aromatic nitrogens is 9. The van der Waals surface area contributed by atoms with E-state index in [9.17, 15) is 19.5 Å². The summed E-state index contributed by atoms with van der Waals surface area (Å²) in [5, 5.41) is 16.9. The van der Waals surface area contributed by atoms with E-state index in [0.717, 1.165) is 282 Å². The summed E-state index contributed by atoms with van der Waals surface area (Å²) >= 11 is 3.46. The molecule has 9 aliphatic heterocycles. The number of nitrogens with zero attached hydrogens (tertiary/aromatic N) is 20. The number of hydrogen-bond acceptors (Lipinski definition) is 31. The molecule has 0 unspecified atom stereocenters. The van der Waals surface area contributed by atoms with E-state index < -0.39 is 0 Å². The Balaban J connectivity index is 0.000000137. The predicted octanol–water partition coefficient (Wildman–Crippen LogP) is 9.72. The first kappa shape index (κ1) is 94.4. The third-order valence-corrected chi connectivity index (χ3v) is 25.7. The number of nitrogens with one attached hydrogen (secondary N) is 1. The van der Waals surface area contributed by atoms with Crippen molar-refractivity contribution in [3.63, 3.8) is 0 Å². The number of carbonyl (C=O) groups excluding carboxylic acids is 3. The van der Waals surface area contributed by atoms with Crippen molar-refractivity contribution in [2.45, 2.75) is 71.7 Å². The van der Waals surface area contributed by atoms with E-state index >= 15 is 0 Å². The van der Waals surface area contributed by atoms with Gasteiger partial charge in [0, 0.05) is 226 Å². The first-order chi connectivity index (χ1) is 65.2. The number of pyridine rings is 3. The predicted molar refractivity (Wildman–Crippen MR) is 513 cm³/mol. The molecule has 15 heterocycles. The fourth-order valence-electron chi connectivity index (χ4n) is 18.1. The molecule has 35 heteroatoms. The molecule has 0 spiro atoms. The van der Waals surface area contributed by atoms with Crippen LogP contribution in [-0.4, -0.2) is 328 Å². The van der Waals surface area contributed by atoms with Gasteiger partial charge in [-0.25, -0.2) is 4.79 Å². The van der Waals surface area contributed by atoms with Crippen molar-refractivity contribution in [1.82, 2.24) is 79.6 Å². The zero-order valence-corrected chi connectivity index (χ0v) is 78.0. The molecule has 3 amide bonds. The molecule has 4 aromatic carbocycles. The summed E-state index contributed by atoms with van der Waals surface area (Å²) in [5.41, 5.74) is 13.4. The van der Waals surface area contributed by atoms with Crippen molar-refractivity contribution in [1.29, 1.82) is 0 Å². The number of amides is 3. The Morgan fingerprint density at radius 3 is 1.38 bits per heavy atom. The fraction of sp³-hybridized carbons (Fsp3) is 0.469. The minimum absolute atomic E-state index is 0.00661. The topological polar surface area (TPSA) is 318 Å². The van der Waals surface area contributed by atoms with Crippen molar-refractivity contribution >= 4 is 95.4 Å². The van der Waals surface area contributed by atoms with Crippen molar-refractivity contribution in [3.05, 3.63) is 196 Å². The number of aryl methyl sites for hydroxylation is 1. The average molecular weight is 1880 g/mol. The van der Waals surface area contributed by atoms with E-state index in [2.05, 4.69) is 114 Å². The maximum Gasteiger partial charge on any atom is 0.410 e. The zero-order valence-electron chi connectivity index (χ0n) is 76.4. The molecule has 704 valence electrons. The number of phenolic OH excluding ortho intramolecular Hbond substituents is 1. The molecule has 0 bridgehead atoms. The number of ether oxygens (including phenoxy) is 9. The van der Waals surface area contributed by atoms with E-state index in [0.29, 0.717) is 116 Å². The second-order valence-electron chi connectivity index (χ2n) is 34.0. The van der Waals surface area contributed by atoms with Gasteiger partial charge in [-0.05, 0) is 140 Å². The molecular formula is C98H122BrN21O13. The number of fused-ring (bicyclic) bond motifs is 6. The van der Waals surface area contributed by atoms with Gasteiger partial charge in [0.05, 0.1) is 118 Å². The standard InChI is InChI=1S/C36H43N7O4.C30H37N7O4.C21H32N6O3.C11H10BrNO2/c1-27-23-29-9-5-11-37-33(29)32(24-27)43-13-10-30-31(25-43)38-35(46-20-6-12-40-18-21-45-22-19-40)39-34(30)41-14-16-42(17-15-41)36(44)47-26-28-7-3-2-4-8-28;1-2-27(39)35-10-12-36(13-11-35)29-24-6-9-37(26-20-23(38)19-22-5-3-7-31-28(22)26)21-25(24)32-30(33-29)41-16-4-8-34-14-17-40-18-15-34;1-2-19(28)26-7-9-27(10-8-26)20-17-4-5-22-16-18(17)23-21(24-20)30-13-3-6-25-11-14-29-15-12-25;1-14-7-15-9-5-8-3-2-4-13-11(8)10(12)6-9/h2-5,7-9,11,23-24H,6,10,12-22,25-26H2,1H3;2-3,5,7,19-20,38H,1,4,6,8-18,21H2;2,22H,1,3-16H2;2-6H,7H2,1H3. The summed E-state index contributed by atoms with van der Waals surface area (Å²) in [7, 11) is 1.59. The van der Waals surface area contributed by atoms with E-state index in [4.69, 9.17) is 72.5 Å². The molecule has 9 aliphatic rings. The second kappa shape index (κ2) is 47.2. The highest BCUT2D eigenvalue weighted by Crippen LogP contribution is 2.39. The van der Waals surface area contributed by atoms with Crippen molar-refractivity contribution in [3.8, 4) is 29.5 Å². The number of piperazine rings is 3. The summed E-state index contributed by atoms with van der Waals surface area (Å²) in [6.45, 7) is 37.4. The van der Waals surface area contributed by atoms with Gasteiger partial charge in [0.15, 0.2) is 6.79 Å². The van der Waals surface area contributed by atoms with Crippen LogP contribution >= 0.6 is 15.9 Å². The van der Waals surface area contributed by atoms with Crippen LogP contribution in [0.4, 0.5) is 33.6 Å². The molecule has 2 N–H and O–H groups in total. The van der Waals surface area contributed by atoms with Crippen molar-refractivity contribution in [2.24, 2.45) is 0 Å². The number of anilines is 5. The number of rotatable bonds is 27. The highest BCUT2D eigenvalue weighted by atomic mass is 79.9. The Morgan fingerprint density at radius 2 is 0.902 bits per heavy atom. The molecule has 0 radical (unpaired) electrons. The highest BCUT2D eigenvalue weighted by Gasteiger charge is 2.34. The molecular weight excluding hydrogens is 1760 g/mol. The molecule has 10 aromatic rings. The molecule has 19 rings (SSSR count). The lowest BCUT2D eigenvalue weighted by Gasteiger charge is -2.38. The molecule has 0 atom stereocenters. The van der Waals surface area contributed by atoms with Gasteiger partial charge >= 0.3 is 24.1 Å². The Morgan fingerprint density at radius 1 is 0.466 bits per heavy atom. The van der Waals surface area contributed by atoms with E-state index in [-0.39, 0.29) is 37.1 Å². The first-order valence-electron chi connectivity index (χ1n) is 46.6. The summed E-state index contributed by atoms with van der Waals surface area (Å²) in [6, 6.07) is 34.6. The summed E-state index contributed by atoms with van der Waals surface area (Å²) in [5.74, 6) is 3.71. The van der Waals surface area contributed by atoms with Crippen LogP contribution in [-0.2, 0) is 78.8 Å². The van der Waals surface area contributed by atoms with Crippen LogP contribution in [0.1, 0.15) is 64.2 Å². The van der Waals surface area contributed by atoms with Gasteiger partial charge in [-0.2, -0.15) is 29.9 Å². The normalized spacial score (nSPS) is 17.3. The SMILES string of the molecule is C=CC(=O)N1CCN(c2nc(OCCCN3CCOCC3)nc3c2CCN(c2cc(O)cc4cccnc24)C3)CC1.C=CC(=O)N1CCN(c2nc(OCCCN3CCOCC3)nc3c2CCNC3)CC1.COCOc1cc(Br)c2ncccc2c1.Cc1cc(N2CCc3c(nc(OCCCN4CCOCC4)nc3N3CCN(C(=O)OCc4ccccc4)CC3)C2)c2ncccc2c1. The van der Waals surface area contributed by atoms with Gasteiger partial charge in [-0.1, -0.05) is 61.7 Å². The van der Waals surface area contributed by atoms with Crippen LogP contribution in [0.2, 0.25) is 0 Å². The third-order valence-electron chi connectivity index (χ3n) is 25.1. The highest BCUT2D eigenvalue weighted by molar-refractivity contribution is 9.10. The molecule has 6 fully saturated rings. The maximum absolute atomic E-state index is 12.9. The minimum atomic E-state index is -0.280. The van der Waals surface area contributed by atoms with Gasteiger partial charge in [0.25, 0.3) is 0 Å². The fourth-order valence-corrected chi connectivity index (χ4v) is 18.6. The molecule has 133 heavy (non-hydrogen) atoms. The zero-order chi connectivity index (χ0) is 91.6. The smallest absolute Gasteiger partial charge is 0.410 e. The van der Waals surface area contributed by atoms with Gasteiger partial charge in [-0.3, -0.25) is 39.2 Å². The summed E-state index contributed by atoms with van der Waals surface area (Å²) < 4.78 is 51.4. The Hall–Kier alpha value is -11.8. The third kappa shape index (κ3) is 25.2. The lowest BCUT2D eigenvalue weighted by Crippen LogP contribution is -2.49. The van der Waals surface area contributed by atoms with Gasteiger partial charge in [-0.15, -0.1) is 0 Å². The van der Waals surface area contributed by atoms with E-state index in [1.807, 2.05) is 88.8 Å². The number of morpholine rings is 3. The lowest BCUT2D eigenvalue weighted by molar-refractivity contribution is -0.127. The molecule has 6 saturated heterocycles. The van der Waals surface area contributed by atoms with E-state index in [1.165, 1.54) is 23.3 Å². The average Bonchev–Trinajstić information content (AvgIpc) is 0.812. The minimum Gasteiger partial charge on any atom is -0.508 e. The number of benzene rings is 4. The van der Waals surface area contributed by atoms with E-state index in [1.54, 1.807) is 36.5 Å². The number of halogens is 1. The monoisotopic (exact) mass is 1880 g/mol. The van der Waals surface area contributed by atoms with Crippen LogP contribution < -0.4 is 48.8 Å². The number of phenols is 1. The lowest BCUT2D eigenvalue weighted by atomic mass is 10.0. The van der Waals surface area contributed by atoms with Crippen molar-refractivity contribution in [2.75, 3.05) is 255 Å². The number of aromatic hydroxyl groups is 1. The Bertz CT molecular complexity index is 5580. The number of hydrogen-bond donors (Lipinski definition) is 2. The van der Waals surface area contributed by atoms with Crippen molar-refractivity contribution < 1.29 is 62.1 Å². The van der Waals surface area contributed by atoms with Crippen LogP contribution in [0.15, 0.2) is 152 Å². The van der Waals surface area contributed by atoms with Gasteiger partial charge < -0.3 is 92.3 Å². The van der Waals surface area contributed by atoms with Crippen LogP contribution in [0.25, 0.3) is 32.7 Å². The molecule has 0 aliphatic carbocycles. The Labute approximate surface area is 785 Å². The Kier molecular flexibility index (Phi) is 33.5. The summed E-state index contributed by atoms with van der Waals surface area (Å²) in [6.07, 6.45) is 13.1. The van der Waals surface area contributed by atoms with Crippen LogP contribution in [0.5, 0.6) is 29.5 Å². The molecule has 0 saturated carbocycles. The van der Waals surface area contributed by atoms with Crippen LogP contribution in [0.3, 0.4) is 0 Å².